The Morgan fingerprint density at radius 1 is 1.27 bits per heavy atom. The minimum Gasteiger partial charge on any atom is -0.466 e. The van der Waals surface area contributed by atoms with Crippen LogP contribution in [0.1, 0.15) is 26.2 Å². The van der Waals surface area contributed by atoms with Crippen LogP contribution in [0, 0.1) is 11.8 Å². The van der Waals surface area contributed by atoms with E-state index < -0.39 is 0 Å². The molecule has 2 saturated heterocycles. The number of nitrogens with zero attached hydrogens (tertiary/aromatic N) is 2. The molecular weight excluding hydrogens is 356 g/mol. The molecule has 6 nitrogen and oxygen atoms in total. The molecule has 26 heavy (non-hydrogen) atoms. The summed E-state index contributed by atoms with van der Waals surface area (Å²) in [6.45, 7) is 3.46. The lowest BCUT2D eigenvalue weighted by Crippen LogP contribution is -2.45. The SMILES string of the molecule is CCOC(=O)[C@H]1CCCN(C(=O)[C@H]2CC(=O)N(c3cccc(Cl)c3)C2)C1. The zero-order valence-corrected chi connectivity index (χ0v) is 15.6. The molecule has 0 saturated carbocycles. The molecule has 0 aliphatic carbocycles. The van der Waals surface area contributed by atoms with Gasteiger partial charge in [0.1, 0.15) is 0 Å². The molecule has 0 unspecified atom stereocenters. The number of amides is 2. The van der Waals surface area contributed by atoms with Crippen LogP contribution in [-0.4, -0.2) is 48.9 Å². The summed E-state index contributed by atoms with van der Waals surface area (Å²) in [4.78, 5) is 40.6. The topological polar surface area (TPSA) is 66.9 Å². The van der Waals surface area contributed by atoms with Crippen molar-refractivity contribution < 1.29 is 19.1 Å². The molecule has 2 atom stereocenters. The maximum Gasteiger partial charge on any atom is 0.310 e. The monoisotopic (exact) mass is 378 g/mol. The number of anilines is 1. The van der Waals surface area contributed by atoms with E-state index >= 15 is 0 Å². The van der Waals surface area contributed by atoms with Crippen molar-refractivity contribution in [1.82, 2.24) is 4.90 Å². The van der Waals surface area contributed by atoms with E-state index in [4.69, 9.17) is 16.3 Å². The number of carbonyl (C=O) groups excluding carboxylic acids is 3. The van der Waals surface area contributed by atoms with E-state index in [1.165, 1.54) is 0 Å². The molecule has 0 radical (unpaired) electrons. The molecule has 0 N–H and O–H groups in total. The first kappa shape index (κ1) is 18.7. The highest BCUT2D eigenvalue weighted by molar-refractivity contribution is 6.31. The average Bonchev–Trinajstić information content (AvgIpc) is 3.03. The summed E-state index contributed by atoms with van der Waals surface area (Å²) in [6.07, 6.45) is 1.70. The summed E-state index contributed by atoms with van der Waals surface area (Å²) in [5, 5.41) is 0.554. The Morgan fingerprint density at radius 2 is 2.08 bits per heavy atom. The Kier molecular flexibility index (Phi) is 5.81. The molecule has 2 aliphatic heterocycles. The minimum absolute atomic E-state index is 0.0584. The first-order chi connectivity index (χ1) is 12.5. The molecule has 3 rings (SSSR count). The van der Waals surface area contributed by atoms with E-state index in [9.17, 15) is 14.4 Å². The molecule has 0 spiro atoms. The molecule has 2 aliphatic rings. The van der Waals surface area contributed by atoms with Crippen molar-refractivity contribution in [2.24, 2.45) is 11.8 Å². The van der Waals surface area contributed by atoms with Crippen LogP contribution >= 0.6 is 11.6 Å². The summed E-state index contributed by atoms with van der Waals surface area (Å²) in [5.74, 6) is -1.04. The number of carbonyl (C=O) groups is 3. The molecule has 2 heterocycles. The molecule has 1 aromatic carbocycles. The van der Waals surface area contributed by atoms with E-state index in [1.807, 2.05) is 6.07 Å². The van der Waals surface area contributed by atoms with Gasteiger partial charge in [-0.3, -0.25) is 14.4 Å². The third-order valence-electron chi connectivity index (χ3n) is 4.95. The second-order valence-electron chi connectivity index (χ2n) is 6.76. The van der Waals surface area contributed by atoms with E-state index in [1.54, 1.807) is 34.9 Å². The average molecular weight is 379 g/mol. The Labute approximate surface area is 158 Å². The van der Waals surface area contributed by atoms with Gasteiger partial charge < -0.3 is 14.5 Å². The molecule has 2 amide bonds. The lowest BCUT2D eigenvalue weighted by Gasteiger charge is -2.33. The molecule has 7 heteroatoms. The molecule has 1 aromatic rings. The fraction of sp³-hybridized carbons (Fsp3) is 0.526. The fourth-order valence-corrected chi connectivity index (χ4v) is 3.84. The van der Waals surface area contributed by atoms with Crippen molar-refractivity contribution in [3.63, 3.8) is 0 Å². The lowest BCUT2D eigenvalue weighted by molar-refractivity contribution is -0.152. The van der Waals surface area contributed by atoms with Gasteiger partial charge in [-0.15, -0.1) is 0 Å². The van der Waals surface area contributed by atoms with Crippen LogP contribution in [0.4, 0.5) is 5.69 Å². The van der Waals surface area contributed by atoms with Gasteiger partial charge in [-0.25, -0.2) is 0 Å². The second kappa shape index (κ2) is 8.08. The Bertz CT molecular complexity index is 709. The molecular formula is C19H23ClN2O4. The molecule has 140 valence electrons. The van der Waals surface area contributed by atoms with E-state index in [0.29, 0.717) is 37.0 Å². The molecule has 2 fully saturated rings. The van der Waals surface area contributed by atoms with Crippen molar-refractivity contribution >= 4 is 35.1 Å². The van der Waals surface area contributed by atoms with Gasteiger partial charge in [0.15, 0.2) is 0 Å². The third kappa shape index (κ3) is 4.01. The van der Waals surface area contributed by atoms with Gasteiger partial charge >= 0.3 is 5.97 Å². The quantitative estimate of drug-likeness (QED) is 0.755. The number of esters is 1. The van der Waals surface area contributed by atoms with Crippen molar-refractivity contribution in [3.05, 3.63) is 29.3 Å². The highest BCUT2D eigenvalue weighted by Crippen LogP contribution is 2.29. The van der Waals surface area contributed by atoms with Crippen LogP contribution in [0.5, 0.6) is 0 Å². The summed E-state index contributed by atoms with van der Waals surface area (Å²) in [6, 6.07) is 7.07. The summed E-state index contributed by atoms with van der Waals surface area (Å²) in [5.41, 5.74) is 0.709. The number of piperidine rings is 1. The molecule has 0 bridgehead atoms. The normalized spacial score (nSPS) is 23.2. The zero-order valence-electron chi connectivity index (χ0n) is 14.8. The van der Waals surface area contributed by atoms with Gasteiger partial charge in [0, 0.05) is 36.8 Å². The number of rotatable bonds is 4. The largest absolute Gasteiger partial charge is 0.466 e. The fourth-order valence-electron chi connectivity index (χ4n) is 3.65. The third-order valence-corrected chi connectivity index (χ3v) is 5.18. The van der Waals surface area contributed by atoms with Crippen molar-refractivity contribution in [3.8, 4) is 0 Å². The maximum atomic E-state index is 12.9. The van der Waals surface area contributed by atoms with Gasteiger partial charge in [-0.2, -0.15) is 0 Å². The van der Waals surface area contributed by atoms with Crippen molar-refractivity contribution in [2.45, 2.75) is 26.2 Å². The van der Waals surface area contributed by atoms with Gasteiger partial charge in [0.05, 0.1) is 18.4 Å². The first-order valence-electron chi connectivity index (χ1n) is 9.01. The lowest BCUT2D eigenvalue weighted by atomic mass is 9.96. The van der Waals surface area contributed by atoms with Gasteiger partial charge in [-0.1, -0.05) is 17.7 Å². The van der Waals surface area contributed by atoms with Gasteiger partial charge in [0.25, 0.3) is 0 Å². The number of halogens is 1. The van der Waals surface area contributed by atoms with Crippen LogP contribution in [0.15, 0.2) is 24.3 Å². The minimum atomic E-state index is -0.387. The highest BCUT2D eigenvalue weighted by atomic mass is 35.5. The van der Waals surface area contributed by atoms with Gasteiger partial charge in [0.2, 0.25) is 11.8 Å². The van der Waals surface area contributed by atoms with Crippen molar-refractivity contribution in [2.75, 3.05) is 31.1 Å². The Morgan fingerprint density at radius 3 is 2.81 bits per heavy atom. The Hall–Kier alpha value is -2.08. The Balaban J connectivity index is 1.65. The predicted molar refractivity (Wildman–Crippen MR) is 97.8 cm³/mol. The number of benzene rings is 1. The summed E-state index contributed by atoms with van der Waals surface area (Å²) in [7, 11) is 0. The number of likely N-dealkylation sites (tertiary alicyclic amines) is 1. The van der Waals surface area contributed by atoms with Gasteiger partial charge in [-0.05, 0) is 38.0 Å². The number of ether oxygens (including phenoxy) is 1. The number of hydrogen-bond donors (Lipinski definition) is 0. The smallest absolute Gasteiger partial charge is 0.310 e. The first-order valence-corrected chi connectivity index (χ1v) is 9.38. The second-order valence-corrected chi connectivity index (χ2v) is 7.20. The van der Waals surface area contributed by atoms with E-state index in [-0.39, 0.29) is 36.0 Å². The summed E-state index contributed by atoms with van der Waals surface area (Å²) < 4.78 is 5.09. The van der Waals surface area contributed by atoms with Crippen LogP contribution in [-0.2, 0) is 19.1 Å². The van der Waals surface area contributed by atoms with Crippen LogP contribution in [0.3, 0.4) is 0 Å². The van der Waals surface area contributed by atoms with E-state index in [2.05, 4.69) is 0 Å². The van der Waals surface area contributed by atoms with Crippen LogP contribution < -0.4 is 4.90 Å². The standard InChI is InChI=1S/C19H23ClN2O4/c1-2-26-19(25)13-5-4-8-21(11-13)18(24)14-9-17(23)22(12-14)16-7-3-6-15(20)10-16/h3,6-7,10,13-14H,2,4-5,8-9,11-12H2,1H3/t13-,14-/m0/s1. The maximum absolute atomic E-state index is 12.9. The number of hydrogen-bond acceptors (Lipinski definition) is 4. The van der Waals surface area contributed by atoms with Crippen LogP contribution in [0.25, 0.3) is 0 Å². The summed E-state index contributed by atoms with van der Waals surface area (Å²) >= 11 is 6.01. The highest BCUT2D eigenvalue weighted by Gasteiger charge is 2.39. The van der Waals surface area contributed by atoms with Crippen molar-refractivity contribution in [1.29, 1.82) is 0 Å². The molecule has 0 aromatic heterocycles. The predicted octanol–water partition coefficient (Wildman–Crippen LogP) is 2.49. The van der Waals surface area contributed by atoms with Crippen LogP contribution in [0.2, 0.25) is 5.02 Å². The van der Waals surface area contributed by atoms with E-state index in [0.717, 1.165) is 12.8 Å². The zero-order chi connectivity index (χ0) is 18.7.